The summed E-state index contributed by atoms with van der Waals surface area (Å²) < 4.78 is 21.2. The molecule has 0 fully saturated rings. The van der Waals surface area contributed by atoms with E-state index in [0.717, 1.165) is 16.7 Å². The number of fused-ring (bicyclic) bond motifs is 1. The lowest BCUT2D eigenvalue weighted by molar-refractivity contribution is 0.534. The summed E-state index contributed by atoms with van der Waals surface area (Å²) in [5.74, 6) is 1.20. The second-order valence-electron chi connectivity index (χ2n) is 5.76. The van der Waals surface area contributed by atoms with Crippen LogP contribution in [0.25, 0.3) is 11.0 Å². The molecule has 2 heterocycles. The van der Waals surface area contributed by atoms with Crippen LogP contribution in [0.15, 0.2) is 46.1 Å². The Labute approximate surface area is 163 Å². The number of aryl methyl sites for hydroxylation is 2. The Kier molecular flexibility index (Phi) is 6.46. The molecule has 0 radical (unpaired) electrons. The zero-order chi connectivity index (χ0) is 17.1. The highest BCUT2D eigenvalue weighted by Gasteiger charge is 2.11. The summed E-state index contributed by atoms with van der Waals surface area (Å²) in [7, 11) is 3.71. The van der Waals surface area contributed by atoms with Gasteiger partial charge in [0, 0.05) is 44.0 Å². The van der Waals surface area contributed by atoms with Crippen molar-refractivity contribution >= 4 is 40.9 Å². The summed E-state index contributed by atoms with van der Waals surface area (Å²) >= 11 is 0. The maximum absolute atomic E-state index is 13.4. The lowest BCUT2D eigenvalue weighted by atomic mass is 10.1. The van der Waals surface area contributed by atoms with Crippen molar-refractivity contribution in [3.63, 3.8) is 0 Å². The van der Waals surface area contributed by atoms with Gasteiger partial charge in [0.05, 0.1) is 6.54 Å². The Morgan fingerprint density at radius 2 is 2.00 bits per heavy atom. The molecule has 2 aromatic heterocycles. The van der Waals surface area contributed by atoms with E-state index in [1.807, 2.05) is 24.7 Å². The molecule has 0 aliphatic carbocycles. The van der Waals surface area contributed by atoms with Crippen molar-refractivity contribution in [2.24, 2.45) is 12.0 Å². The third kappa shape index (κ3) is 4.53. The van der Waals surface area contributed by atoms with Crippen LogP contribution in [0.2, 0.25) is 0 Å². The third-order valence-corrected chi connectivity index (χ3v) is 3.99. The zero-order valence-corrected chi connectivity index (χ0v) is 16.8. The maximum atomic E-state index is 13.4. The standard InChI is InChI=1S/C18H21FN4O.HI/c1-12-15-8-14(19)4-5-16(15)24-17(12)10-22-18(20-2)21-9-13-6-7-23(3)11-13;/h4-8,11H,9-10H2,1-3H3,(H2,20,21,22);1H. The van der Waals surface area contributed by atoms with E-state index in [4.69, 9.17) is 4.42 Å². The lowest BCUT2D eigenvalue weighted by Crippen LogP contribution is -2.36. The highest BCUT2D eigenvalue weighted by atomic mass is 127. The van der Waals surface area contributed by atoms with E-state index in [0.29, 0.717) is 24.6 Å². The molecule has 0 aliphatic rings. The van der Waals surface area contributed by atoms with E-state index in [9.17, 15) is 4.39 Å². The second kappa shape index (κ2) is 8.37. The van der Waals surface area contributed by atoms with Gasteiger partial charge in [0.2, 0.25) is 0 Å². The summed E-state index contributed by atoms with van der Waals surface area (Å²) in [6, 6.07) is 6.62. The topological polar surface area (TPSA) is 54.5 Å². The molecule has 3 aromatic rings. The number of aromatic nitrogens is 1. The first-order valence-corrected chi connectivity index (χ1v) is 7.79. The number of nitrogens with zero attached hydrogens (tertiary/aromatic N) is 2. The second-order valence-corrected chi connectivity index (χ2v) is 5.76. The first-order valence-electron chi connectivity index (χ1n) is 7.79. The number of furan rings is 1. The molecular formula is C18H22FIN4O. The van der Waals surface area contributed by atoms with Gasteiger partial charge in [-0.1, -0.05) is 0 Å². The fourth-order valence-electron chi connectivity index (χ4n) is 2.65. The summed E-state index contributed by atoms with van der Waals surface area (Å²) in [5.41, 5.74) is 2.81. The van der Waals surface area contributed by atoms with Crippen LogP contribution in [0.5, 0.6) is 0 Å². The fourth-order valence-corrected chi connectivity index (χ4v) is 2.65. The average Bonchev–Trinajstić information content (AvgIpc) is 3.12. The van der Waals surface area contributed by atoms with Crippen molar-refractivity contribution < 1.29 is 8.81 Å². The Hall–Kier alpha value is -2.03. The normalized spacial score (nSPS) is 11.4. The summed E-state index contributed by atoms with van der Waals surface area (Å²) in [5, 5.41) is 7.28. The van der Waals surface area contributed by atoms with Gasteiger partial charge in [0.1, 0.15) is 17.2 Å². The van der Waals surface area contributed by atoms with Gasteiger partial charge in [-0.25, -0.2) is 4.39 Å². The maximum Gasteiger partial charge on any atom is 0.191 e. The predicted molar refractivity (Wildman–Crippen MR) is 109 cm³/mol. The molecule has 0 saturated carbocycles. The van der Waals surface area contributed by atoms with Gasteiger partial charge in [-0.05, 0) is 36.8 Å². The predicted octanol–water partition coefficient (Wildman–Crippen LogP) is 3.70. The molecule has 25 heavy (non-hydrogen) atoms. The Bertz CT molecular complexity index is 884. The molecule has 1 aromatic carbocycles. The molecule has 7 heteroatoms. The summed E-state index contributed by atoms with van der Waals surface area (Å²) in [6.07, 6.45) is 4.06. The SMILES string of the molecule is CN=C(NCc1ccn(C)c1)NCc1oc2ccc(F)cc2c1C.I. The molecule has 0 atom stereocenters. The molecule has 134 valence electrons. The van der Waals surface area contributed by atoms with E-state index in [1.54, 1.807) is 13.1 Å². The number of halogens is 2. The van der Waals surface area contributed by atoms with E-state index in [1.165, 1.54) is 17.7 Å². The Balaban J connectivity index is 0.00000225. The van der Waals surface area contributed by atoms with Gasteiger partial charge in [-0.15, -0.1) is 24.0 Å². The third-order valence-electron chi connectivity index (χ3n) is 3.99. The number of hydrogen-bond donors (Lipinski definition) is 2. The van der Waals surface area contributed by atoms with Gasteiger partial charge in [0.25, 0.3) is 0 Å². The van der Waals surface area contributed by atoms with Gasteiger partial charge in [-0.2, -0.15) is 0 Å². The number of aliphatic imine (C=N–C) groups is 1. The monoisotopic (exact) mass is 456 g/mol. The van der Waals surface area contributed by atoms with Crippen LogP contribution in [0.4, 0.5) is 4.39 Å². The van der Waals surface area contributed by atoms with Crippen molar-refractivity contribution in [1.29, 1.82) is 0 Å². The minimum Gasteiger partial charge on any atom is -0.459 e. The van der Waals surface area contributed by atoms with Crippen LogP contribution in [0.1, 0.15) is 16.9 Å². The first kappa shape index (κ1) is 19.3. The summed E-state index contributed by atoms with van der Waals surface area (Å²) in [6.45, 7) is 3.10. The van der Waals surface area contributed by atoms with Gasteiger partial charge < -0.3 is 19.6 Å². The molecular weight excluding hydrogens is 434 g/mol. The molecule has 0 amide bonds. The molecule has 5 nitrogen and oxygen atoms in total. The van der Waals surface area contributed by atoms with Gasteiger partial charge in [0.15, 0.2) is 5.96 Å². The van der Waals surface area contributed by atoms with Crippen LogP contribution in [-0.2, 0) is 20.1 Å². The molecule has 0 saturated heterocycles. The fraction of sp³-hybridized carbons (Fsp3) is 0.278. The first-order chi connectivity index (χ1) is 11.6. The number of rotatable bonds is 4. The molecule has 3 rings (SSSR count). The molecule has 0 spiro atoms. The van der Waals surface area contributed by atoms with Crippen molar-refractivity contribution in [3.05, 3.63) is 59.4 Å². The molecule has 2 N–H and O–H groups in total. The zero-order valence-electron chi connectivity index (χ0n) is 14.5. The van der Waals surface area contributed by atoms with Crippen LogP contribution in [0.3, 0.4) is 0 Å². The van der Waals surface area contributed by atoms with E-state index in [2.05, 4.69) is 27.9 Å². The molecule has 0 bridgehead atoms. The van der Waals surface area contributed by atoms with Crippen LogP contribution in [-0.4, -0.2) is 17.6 Å². The Morgan fingerprint density at radius 1 is 1.24 bits per heavy atom. The number of hydrogen-bond acceptors (Lipinski definition) is 2. The number of benzene rings is 1. The van der Waals surface area contributed by atoms with Crippen LogP contribution >= 0.6 is 24.0 Å². The van der Waals surface area contributed by atoms with Crippen molar-refractivity contribution in [1.82, 2.24) is 15.2 Å². The highest BCUT2D eigenvalue weighted by molar-refractivity contribution is 14.0. The molecule has 0 unspecified atom stereocenters. The highest BCUT2D eigenvalue weighted by Crippen LogP contribution is 2.25. The van der Waals surface area contributed by atoms with Crippen LogP contribution in [0, 0.1) is 12.7 Å². The minimum absolute atomic E-state index is 0. The van der Waals surface area contributed by atoms with E-state index >= 15 is 0 Å². The minimum atomic E-state index is -0.258. The average molecular weight is 456 g/mol. The van der Waals surface area contributed by atoms with E-state index in [-0.39, 0.29) is 29.8 Å². The number of nitrogens with one attached hydrogen (secondary N) is 2. The summed E-state index contributed by atoms with van der Waals surface area (Å²) in [4.78, 5) is 4.21. The van der Waals surface area contributed by atoms with E-state index < -0.39 is 0 Å². The van der Waals surface area contributed by atoms with Crippen molar-refractivity contribution in [3.8, 4) is 0 Å². The van der Waals surface area contributed by atoms with Crippen LogP contribution < -0.4 is 10.6 Å². The molecule has 0 aliphatic heterocycles. The quantitative estimate of drug-likeness (QED) is 0.358. The lowest BCUT2D eigenvalue weighted by Gasteiger charge is -2.10. The van der Waals surface area contributed by atoms with Crippen molar-refractivity contribution in [2.45, 2.75) is 20.0 Å². The smallest absolute Gasteiger partial charge is 0.191 e. The van der Waals surface area contributed by atoms with Gasteiger partial charge >= 0.3 is 0 Å². The number of guanidine groups is 1. The Morgan fingerprint density at radius 3 is 2.68 bits per heavy atom. The van der Waals surface area contributed by atoms with Crippen molar-refractivity contribution in [2.75, 3.05) is 7.05 Å². The van der Waals surface area contributed by atoms with Gasteiger partial charge in [-0.3, -0.25) is 4.99 Å². The largest absolute Gasteiger partial charge is 0.459 e.